The second-order valence-corrected chi connectivity index (χ2v) is 8.24. The van der Waals surface area contributed by atoms with Gasteiger partial charge in [-0.25, -0.2) is 9.97 Å². The molecule has 1 N–H and O–H groups in total. The zero-order chi connectivity index (χ0) is 19.7. The zero-order valence-electron chi connectivity index (χ0n) is 14.8. The molecule has 0 aliphatic carbocycles. The number of benzene rings is 1. The number of hydrogen-bond donors (Lipinski definition) is 1. The number of aromatic amines is 1. The molecule has 3 aromatic heterocycles. The van der Waals surface area contributed by atoms with Crippen molar-refractivity contribution in [3.8, 4) is 0 Å². The second kappa shape index (κ2) is 8.04. The average Bonchev–Trinajstić information content (AvgIpc) is 3.15. The number of nitrogens with zero attached hydrogens (tertiary/aromatic N) is 3. The Kier molecular flexibility index (Phi) is 5.49. The molecule has 1 aromatic carbocycles. The third-order valence-electron chi connectivity index (χ3n) is 4.10. The molecule has 0 saturated carbocycles. The molecule has 0 radical (unpaired) electrons. The summed E-state index contributed by atoms with van der Waals surface area (Å²) >= 11 is 8.74. The van der Waals surface area contributed by atoms with Gasteiger partial charge in [-0.3, -0.25) is 14.2 Å². The number of H-pyrrole nitrogens is 1. The van der Waals surface area contributed by atoms with Gasteiger partial charge in [0.2, 0.25) is 0 Å². The van der Waals surface area contributed by atoms with E-state index in [1.807, 2.05) is 11.4 Å². The van der Waals surface area contributed by atoms with E-state index in [1.54, 1.807) is 29.9 Å². The van der Waals surface area contributed by atoms with Crippen molar-refractivity contribution < 1.29 is 4.74 Å². The number of thioether (sulfide) groups is 1. The molecule has 0 amide bonds. The van der Waals surface area contributed by atoms with Crippen LogP contribution in [0, 0.1) is 0 Å². The highest BCUT2D eigenvalue weighted by Gasteiger charge is 2.13. The van der Waals surface area contributed by atoms with Crippen LogP contribution in [-0.2, 0) is 17.0 Å². The fourth-order valence-electron chi connectivity index (χ4n) is 2.79. The smallest absolute Gasteiger partial charge is 0.268 e. The Bertz CT molecular complexity index is 1280. The van der Waals surface area contributed by atoms with Crippen molar-refractivity contribution in [2.45, 2.75) is 17.5 Å². The van der Waals surface area contributed by atoms with Gasteiger partial charge in [0.05, 0.1) is 35.3 Å². The van der Waals surface area contributed by atoms with Crippen molar-refractivity contribution in [2.24, 2.45) is 0 Å². The Labute approximate surface area is 172 Å². The van der Waals surface area contributed by atoms with Gasteiger partial charge in [-0.2, -0.15) is 0 Å². The lowest BCUT2D eigenvalue weighted by Crippen LogP contribution is -2.25. The molecule has 3 heterocycles. The highest BCUT2D eigenvalue weighted by atomic mass is 35.5. The molecular weight excluding hydrogens is 420 g/mol. The van der Waals surface area contributed by atoms with Crippen LogP contribution in [0.15, 0.2) is 44.4 Å². The molecule has 0 fully saturated rings. The number of thiophene rings is 1. The van der Waals surface area contributed by atoms with Gasteiger partial charge in [-0.15, -0.1) is 11.3 Å². The van der Waals surface area contributed by atoms with Crippen molar-refractivity contribution in [3.05, 3.63) is 61.2 Å². The van der Waals surface area contributed by atoms with Gasteiger partial charge < -0.3 is 9.72 Å². The summed E-state index contributed by atoms with van der Waals surface area (Å²) in [5.41, 5.74) is 0.879. The van der Waals surface area contributed by atoms with Crippen LogP contribution in [0.1, 0.15) is 5.82 Å². The molecule has 4 rings (SSSR count). The Morgan fingerprint density at radius 2 is 2.11 bits per heavy atom. The fourth-order valence-corrected chi connectivity index (χ4v) is 4.57. The van der Waals surface area contributed by atoms with E-state index in [0.29, 0.717) is 56.0 Å². The van der Waals surface area contributed by atoms with Gasteiger partial charge in [-0.05, 0) is 29.6 Å². The normalized spacial score (nSPS) is 11.5. The first-order valence-electron chi connectivity index (χ1n) is 8.35. The summed E-state index contributed by atoms with van der Waals surface area (Å²) < 4.78 is 7.30. The summed E-state index contributed by atoms with van der Waals surface area (Å²) in [6.07, 6.45) is 0. The number of rotatable bonds is 6. The van der Waals surface area contributed by atoms with Gasteiger partial charge in [0.25, 0.3) is 11.1 Å². The van der Waals surface area contributed by atoms with Crippen LogP contribution < -0.4 is 11.1 Å². The van der Waals surface area contributed by atoms with Gasteiger partial charge in [0.15, 0.2) is 5.16 Å². The third kappa shape index (κ3) is 3.70. The van der Waals surface area contributed by atoms with Crippen molar-refractivity contribution in [1.29, 1.82) is 0 Å². The second-order valence-electron chi connectivity index (χ2n) is 5.94. The van der Waals surface area contributed by atoms with E-state index in [1.165, 1.54) is 23.1 Å². The first-order valence-corrected chi connectivity index (χ1v) is 10.6. The number of aromatic nitrogens is 4. The molecule has 0 unspecified atom stereocenters. The minimum atomic E-state index is -0.161. The summed E-state index contributed by atoms with van der Waals surface area (Å²) in [5.74, 6) is 0.895. The minimum absolute atomic E-state index is 0.157. The number of hydrogen-bond acceptors (Lipinski definition) is 7. The maximum absolute atomic E-state index is 12.9. The van der Waals surface area contributed by atoms with E-state index in [4.69, 9.17) is 16.3 Å². The summed E-state index contributed by atoms with van der Waals surface area (Å²) in [6.45, 7) is 0.751. The molecule has 0 saturated heterocycles. The monoisotopic (exact) mass is 434 g/mol. The number of methoxy groups -OCH3 is 1. The van der Waals surface area contributed by atoms with Crippen molar-refractivity contribution >= 4 is 55.8 Å². The van der Waals surface area contributed by atoms with Crippen LogP contribution in [0.5, 0.6) is 0 Å². The van der Waals surface area contributed by atoms with Crippen LogP contribution in [0.3, 0.4) is 0 Å². The molecule has 7 nitrogen and oxygen atoms in total. The summed E-state index contributed by atoms with van der Waals surface area (Å²) in [7, 11) is 1.58. The van der Waals surface area contributed by atoms with E-state index in [-0.39, 0.29) is 11.1 Å². The van der Waals surface area contributed by atoms with E-state index in [9.17, 15) is 9.59 Å². The predicted octanol–water partition coefficient (Wildman–Crippen LogP) is 3.29. The largest absolute Gasteiger partial charge is 0.383 e. The predicted molar refractivity (Wildman–Crippen MR) is 113 cm³/mol. The average molecular weight is 435 g/mol. The van der Waals surface area contributed by atoms with E-state index >= 15 is 0 Å². The lowest BCUT2D eigenvalue weighted by molar-refractivity contribution is 0.183. The lowest BCUT2D eigenvalue weighted by Gasteiger charge is -2.12. The zero-order valence-corrected chi connectivity index (χ0v) is 17.2. The van der Waals surface area contributed by atoms with Gasteiger partial charge >= 0.3 is 0 Å². The van der Waals surface area contributed by atoms with Crippen LogP contribution >= 0.6 is 34.7 Å². The van der Waals surface area contributed by atoms with E-state index < -0.39 is 0 Å². The molecule has 0 aliphatic rings. The molecular formula is C18H15ClN4O3S2. The quantitative estimate of drug-likeness (QED) is 0.370. The number of ether oxygens (including phenoxy) is 1. The lowest BCUT2D eigenvalue weighted by atomic mass is 10.2. The Morgan fingerprint density at radius 1 is 1.25 bits per heavy atom. The summed E-state index contributed by atoms with van der Waals surface area (Å²) in [5, 5.41) is 3.36. The standard InChI is InChI=1S/C18H15ClN4O3S2/c1-26-6-5-23-17(25)11-3-2-10(19)8-13(11)21-18(23)28-9-14-20-12-4-7-27-15(12)16(24)22-14/h2-4,7-8H,5-6,9H2,1H3,(H,20,22,24). The van der Waals surface area contributed by atoms with Gasteiger partial charge in [-0.1, -0.05) is 23.4 Å². The molecule has 144 valence electrons. The Hall–Kier alpha value is -2.20. The van der Waals surface area contributed by atoms with Crippen molar-refractivity contribution in [3.63, 3.8) is 0 Å². The highest BCUT2D eigenvalue weighted by molar-refractivity contribution is 7.98. The molecule has 0 spiro atoms. The molecule has 4 aromatic rings. The van der Waals surface area contributed by atoms with Gasteiger partial charge in [0.1, 0.15) is 10.5 Å². The fraction of sp³-hybridized carbons (Fsp3) is 0.222. The maximum atomic E-state index is 12.9. The van der Waals surface area contributed by atoms with Crippen molar-refractivity contribution in [2.75, 3.05) is 13.7 Å². The Morgan fingerprint density at radius 3 is 2.93 bits per heavy atom. The van der Waals surface area contributed by atoms with Crippen molar-refractivity contribution in [1.82, 2.24) is 19.5 Å². The van der Waals surface area contributed by atoms with Crippen LogP contribution in [0.2, 0.25) is 5.02 Å². The topological polar surface area (TPSA) is 89.9 Å². The minimum Gasteiger partial charge on any atom is -0.383 e. The van der Waals surface area contributed by atoms with E-state index in [2.05, 4.69) is 15.0 Å². The molecule has 10 heteroatoms. The number of nitrogens with one attached hydrogen (secondary N) is 1. The van der Waals surface area contributed by atoms with E-state index in [0.717, 1.165) is 0 Å². The summed E-state index contributed by atoms with van der Waals surface area (Å²) in [4.78, 5) is 36.9. The summed E-state index contributed by atoms with van der Waals surface area (Å²) in [6, 6.07) is 6.83. The maximum Gasteiger partial charge on any atom is 0.268 e. The number of halogens is 1. The van der Waals surface area contributed by atoms with Crippen LogP contribution in [0.4, 0.5) is 0 Å². The molecule has 0 aliphatic heterocycles. The first-order chi connectivity index (χ1) is 13.6. The molecule has 28 heavy (non-hydrogen) atoms. The molecule has 0 atom stereocenters. The van der Waals surface area contributed by atoms with Crippen LogP contribution in [-0.4, -0.2) is 33.2 Å². The molecule has 0 bridgehead atoms. The Balaban J connectivity index is 1.73. The highest BCUT2D eigenvalue weighted by Crippen LogP contribution is 2.23. The van der Waals surface area contributed by atoms with Gasteiger partial charge in [0, 0.05) is 12.1 Å². The third-order valence-corrected chi connectivity index (χ3v) is 6.23. The van der Waals surface area contributed by atoms with Crippen LogP contribution in [0.25, 0.3) is 21.1 Å². The first kappa shape index (κ1) is 19.1. The SMILES string of the molecule is COCCn1c(SCc2nc3ccsc3c(=O)[nH]2)nc2cc(Cl)ccc2c1=O. The number of fused-ring (bicyclic) bond motifs is 2.